The fraction of sp³-hybridized carbons (Fsp3) is 0.500. The van der Waals surface area contributed by atoms with E-state index in [1.54, 1.807) is 0 Å². The van der Waals surface area contributed by atoms with Crippen LogP contribution in [0.4, 0.5) is 0 Å². The van der Waals surface area contributed by atoms with Crippen molar-refractivity contribution in [3.63, 3.8) is 0 Å². The van der Waals surface area contributed by atoms with Gasteiger partial charge in [-0.25, -0.2) is 9.59 Å². The zero-order chi connectivity index (χ0) is 13.1. The topological polar surface area (TPSA) is 65.1 Å². The van der Waals surface area contributed by atoms with E-state index >= 15 is 0 Å². The van der Waals surface area contributed by atoms with Gasteiger partial charge in [0.15, 0.2) is 0 Å². The van der Waals surface area contributed by atoms with Gasteiger partial charge in [0.25, 0.3) is 0 Å². The molecule has 0 amide bonds. The first-order valence-electron chi connectivity index (χ1n) is 5.34. The highest BCUT2D eigenvalue weighted by Gasteiger charge is 2.23. The number of hydrogen-bond donors (Lipinski definition) is 0. The summed E-state index contributed by atoms with van der Waals surface area (Å²) in [5.74, 6) is -0.725. The first kappa shape index (κ1) is 15.4. The molecule has 1 aliphatic heterocycles. The third kappa shape index (κ3) is 10.7. The normalized spacial score (nSPS) is 15.9. The minimum absolute atomic E-state index is 0.147. The first-order chi connectivity index (χ1) is 8.13. The van der Waals surface area contributed by atoms with Crippen molar-refractivity contribution in [3.05, 3.63) is 25.3 Å². The Morgan fingerprint density at radius 1 is 1.29 bits per heavy atom. The molecule has 0 bridgehead atoms. The highest BCUT2D eigenvalue weighted by molar-refractivity contribution is 5.81. The molecule has 96 valence electrons. The van der Waals surface area contributed by atoms with Gasteiger partial charge in [-0.15, -0.1) is 0 Å². The van der Waals surface area contributed by atoms with Gasteiger partial charge in [-0.2, -0.15) is 0 Å². The van der Waals surface area contributed by atoms with Crippen LogP contribution in [0.3, 0.4) is 0 Å². The van der Waals surface area contributed by atoms with Gasteiger partial charge in [0.2, 0.25) is 0 Å². The van der Waals surface area contributed by atoms with Crippen molar-refractivity contribution in [1.82, 2.24) is 0 Å². The Labute approximate surface area is 101 Å². The highest BCUT2D eigenvalue weighted by Crippen LogP contribution is 2.08. The van der Waals surface area contributed by atoms with E-state index in [4.69, 9.17) is 4.74 Å². The van der Waals surface area contributed by atoms with Crippen LogP contribution in [0.2, 0.25) is 0 Å². The molecule has 0 saturated carbocycles. The molecule has 0 spiro atoms. The van der Waals surface area contributed by atoms with E-state index in [1.807, 2.05) is 6.92 Å². The molecule has 1 unspecified atom stereocenters. The van der Waals surface area contributed by atoms with Gasteiger partial charge in [-0.3, -0.25) is 0 Å². The Kier molecular flexibility index (Phi) is 8.68. The number of ether oxygens (including phenoxy) is 3. The maximum Gasteiger partial charge on any atom is 0.330 e. The van der Waals surface area contributed by atoms with Gasteiger partial charge in [-0.05, 0) is 6.42 Å². The lowest BCUT2D eigenvalue weighted by Crippen LogP contribution is -2.06. The maximum absolute atomic E-state index is 10.3. The molecule has 1 aliphatic rings. The number of carbonyl (C=O) groups is 2. The van der Waals surface area contributed by atoms with Crippen LogP contribution in [0, 0.1) is 0 Å². The summed E-state index contributed by atoms with van der Waals surface area (Å²) < 4.78 is 14.0. The molecule has 1 atom stereocenters. The van der Waals surface area contributed by atoms with Crippen molar-refractivity contribution >= 4 is 11.9 Å². The van der Waals surface area contributed by atoms with Crippen LogP contribution in [-0.2, 0) is 23.8 Å². The highest BCUT2D eigenvalue weighted by atomic mass is 16.6. The monoisotopic (exact) mass is 242 g/mol. The van der Waals surface area contributed by atoms with Crippen LogP contribution >= 0.6 is 0 Å². The van der Waals surface area contributed by atoms with Gasteiger partial charge < -0.3 is 14.2 Å². The molecular formula is C12H18O5. The summed E-state index contributed by atoms with van der Waals surface area (Å²) in [5, 5.41) is 0. The summed E-state index contributed by atoms with van der Waals surface area (Å²) in [5.41, 5.74) is 0. The third-order valence-corrected chi connectivity index (χ3v) is 1.60. The lowest BCUT2D eigenvalue weighted by molar-refractivity contribution is -0.138. The van der Waals surface area contributed by atoms with Gasteiger partial charge >= 0.3 is 11.9 Å². The lowest BCUT2D eigenvalue weighted by atomic mass is 10.5. The van der Waals surface area contributed by atoms with E-state index in [2.05, 4.69) is 22.6 Å². The second kappa shape index (κ2) is 9.59. The molecule has 0 N–H and O–H groups in total. The van der Waals surface area contributed by atoms with Crippen LogP contribution in [0.15, 0.2) is 25.3 Å². The van der Waals surface area contributed by atoms with E-state index in [-0.39, 0.29) is 18.0 Å². The summed E-state index contributed by atoms with van der Waals surface area (Å²) in [6.07, 6.45) is 3.31. The molecule has 5 nitrogen and oxygen atoms in total. The fourth-order valence-corrected chi connectivity index (χ4v) is 0.660. The van der Waals surface area contributed by atoms with Crippen molar-refractivity contribution in [2.75, 3.05) is 19.8 Å². The Balaban J connectivity index is 0.000000304. The van der Waals surface area contributed by atoms with Crippen LogP contribution in [0.25, 0.3) is 0 Å². The lowest BCUT2D eigenvalue weighted by Gasteiger charge is -1.94. The van der Waals surface area contributed by atoms with Gasteiger partial charge in [0.05, 0.1) is 13.2 Å². The third-order valence-electron chi connectivity index (χ3n) is 1.60. The molecule has 0 aromatic rings. The second-order valence-corrected chi connectivity index (χ2v) is 3.16. The molecule has 5 heteroatoms. The zero-order valence-electron chi connectivity index (χ0n) is 10.0. The summed E-state index contributed by atoms with van der Waals surface area (Å²) in [7, 11) is 0. The molecule has 0 aromatic heterocycles. The SMILES string of the molecule is C=CC(=O)OCC1CO1.C=CC(=O)OCCC. The standard InChI is InChI=1S/C6H8O3.C6H10O2/c1-2-6(7)9-4-5-3-8-5;1-3-5-8-6(7)4-2/h2,5H,1,3-4H2;4H,2-3,5H2,1H3. The quantitative estimate of drug-likeness (QED) is 0.398. The van der Waals surface area contributed by atoms with Gasteiger partial charge in [0, 0.05) is 12.2 Å². The molecule has 1 heterocycles. The zero-order valence-corrected chi connectivity index (χ0v) is 10.0. The predicted molar refractivity (Wildman–Crippen MR) is 62.3 cm³/mol. The number of hydrogen-bond acceptors (Lipinski definition) is 5. The number of carbonyl (C=O) groups excluding carboxylic acids is 2. The van der Waals surface area contributed by atoms with Crippen LogP contribution < -0.4 is 0 Å². The molecule has 17 heavy (non-hydrogen) atoms. The smallest absolute Gasteiger partial charge is 0.330 e. The van der Waals surface area contributed by atoms with Crippen molar-refractivity contribution < 1.29 is 23.8 Å². The molecule has 1 saturated heterocycles. The largest absolute Gasteiger partial charge is 0.463 e. The van der Waals surface area contributed by atoms with Gasteiger partial charge in [0.1, 0.15) is 12.7 Å². The van der Waals surface area contributed by atoms with E-state index in [9.17, 15) is 9.59 Å². The van der Waals surface area contributed by atoms with Crippen molar-refractivity contribution in [2.24, 2.45) is 0 Å². The molecule has 0 aliphatic carbocycles. The second-order valence-electron chi connectivity index (χ2n) is 3.16. The minimum Gasteiger partial charge on any atom is -0.463 e. The summed E-state index contributed by atoms with van der Waals surface area (Å²) in [4.78, 5) is 20.6. The van der Waals surface area contributed by atoms with E-state index < -0.39 is 0 Å². The average Bonchev–Trinajstić information content (AvgIpc) is 3.17. The van der Waals surface area contributed by atoms with E-state index in [0.717, 1.165) is 18.6 Å². The van der Waals surface area contributed by atoms with E-state index in [1.165, 1.54) is 0 Å². The Morgan fingerprint density at radius 3 is 2.24 bits per heavy atom. The Bertz CT molecular complexity index is 268. The van der Waals surface area contributed by atoms with Crippen LogP contribution in [0.5, 0.6) is 0 Å². The average molecular weight is 242 g/mol. The Morgan fingerprint density at radius 2 is 1.82 bits per heavy atom. The first-order valence-corrected chi connectivity index (χ1v) is 5.34. The van der Waals surface area contributed by atoms with Crippen molar-refractivity contribution in [1.29, 1.82) is 0 Å². The van der Waals surface area contributed by atoms with Crippen molar-refractivity contribution in [3.8, 4) is 0 Å². The summed E-state index contributed by atoms with van der Waals surface area (Å²) in [6.45, 7) is 9.99. The van der Waals surface area contributed by atoms with Crippen LogP contribution in [-0.4, -0.2) is 37.9 Å². The van der Waals surface area contributed by atoms with Crippen molar-refractivity contribution in [2.45, 2.75) is 19.4 Å². The molecule has 0 aromatic carbocycles. The molecule has 1 rings (SSSR count). The summed E-state index contributed by atoms with van der Waals surface area (Å²) in [6, 6.07) is 0. The number of epoxide rings is 1. The maximum atomic E-state index is 10.3. The van der Waals surface area contributed by atoms with E-state index in [0.29, 0.717) is 19.8 Å². The Hall–Kier alpha value is -1.62. The summed E-state index contributed by atoms with van der Waals surface area (Å²) >= 11 is 0. The fourth-order valence-electron chi connectivity index (χ4n) is 0.660. The molecule has 1 fully saturated rings. The molecule has 0 radical (unpaired) electrons. The van der Waals surface area contributed by atoms with Crippen LogP contribution in [0.1, 0.15) is 13.3 Å². The number of rotatable bonds is 6. The number of esters is 2. The predicted octanol–water partition coefficient (Wildman–Crippen LogP) is 1.24. The van der Waals surface area contributed by atoms with Gasteiger partial charge in [-0.1, -0.05) is 20.1 Å². The minimum atomic E-state index is -0.384. The molecular weight excluding hydrogens is 224 g/mol.